The van der Waals surface area contributed by atoms with E-state index in [0.717, 1.165) is 6.07 Å². The summed E-state index contributed by atoms with van der Waals surface area (Å²) in [6.45, 7) is 2.97. The van der Waals surface area contributed by atoms with Gasteiger partial charge in [0, 0.05) is 18.6 Å². The molecule has 5 nitrogen and oxygen atoms in total. The molecule has 1 aromatic carbocycles. The summed E-state index contributed by atoms with van der Waals surface area (Å²) in [6, 6.07) is 2.29. The van der Waals surface area contributed by atoms with Crippen LogP contribution in [0, 0.1) is 0 Å². The van der Waals surface area contributed by atoms with Crippen molar-refractivity contribution in [3.05, 3.63) is 17.7 Å². The first-order valence-corrected chi connectivity index (χ1v) is 5.67. The molecule has 0 aliphatic rings. The average Bonchev–Trinajstić information content (AvgIpc) is 2.25. The molecule has 0 spiro atoms. The summed E-state index contributed by atoms with van der Waals surface area (Å²) in [4.78, 5) is 22.7. The Bertz CT molecular complexity index is 465. The second-order valence-electron chi connectivity index (χ2n) is 4.00. The van der Waals surface area contributed by atoms with Gasteiger partial charge in [0.2, 0.25) is 0 Å². The van der Waals surface area contributed by atoms with E-state index in [2.05, 4.69) is 0 Å². The third-order valence-electron chi connectivity index (χ3n) is 2.25. The Balaban J connectivity index is 3.12. The average molecular weight is 252 g/mol. The first-order chi connectivity index (χ1) is 8.45. The van der Waals surface area contributed by atoms with Crippen LogP contribution in [0.4, 0.5) is 0 Å². The van der Waals surface area contributed by atoms with Crippen LogP contribution in [0.1, 0.15) is 37.0 Å². The van der Waals surface area contributed by atoms with Gasteiger partial charge in [-0.05, 0) is 13.3 Å². The molecule has 1 aromatic rings. The fourth-order valence-corrected chi connectivity index (χ4v) is 1.51. The number of ketones is 2. The van der Waals surface area contributed by atoms with Crippen molar-refractivity contribution in [1.82, 2.24) is 0 Å². The fraction of sp³-hybridized carbons (Fsp3) is 0.385. The van der Waals surface area contributed by atoms with Crippen LogP contribution < -0.4 is 4.74 Å². The quantitative estimate of drug-likeness (QED) is 0.757. The number of carbonyl (C=O) groups excluding carboxylic acids is 2. The zero-order valence-electron chi connectivity index (χ0n) is 10.4. The van der Waals surface area contributed by atoms with Crippen molar-refractivity contribution in [2.75, 3.05) is 6.61 Å². The molecule has 0 fully saturated rings. The van der Waals surface area contributed by atoms with Crippen molar-refractivity contribution in [2.24, 2.45) is 0 Å². The first-order valence-electron chi connectivity index (χ1n) is 5.67. The maximum absolute atomic E-state index is 11.8. The number of phenolic OH excluding ortho intramolecular Hbond substituents is 2. The SMILES string of the molecule is CCCC(=O)c1c(O)cc(O)cc1OCC(C)=O. The Hall–Kier alpha value is -2.04. The summed E-state index contributed by atoms with van der Waals surface area (Å²) < 4.78 is 5.14. The highest BCUT2D eigenvalue weighted by Crippen LogP contribution is 2.34. The van der Waals surface area contributed by atoms with Gasteiger partial charge in [-0.15, -0.1) is 0 Å². The molecule has 0 saturated carbocycles. The van der Waals surface area contributed by atoms with Crippen molar-refractivity contribution in [3.63, 3.8) is 0 Å². The summed E-state index contributed by atoms with van der Waals surface area (Å²) in [7, 11) is 0. The molecule has 0 saturated heterocycles. The predicted octanol–water partition coefficient (Wildman–Crippen LogP) is 2.05. The number of ether oxygens (including phenoxy) is 1. The van der Waals surface area contributed by atoms with E-state index in [0.29, 0.717) is 6.42 Å². The molecule has 1 rings (SSSR count). The van der Waals surface area contributed by atoms with E-state index in [4.69, 9.17) is 4.74 Å². The third kappa shape index (κ3) is 3.48. The zero-order chi connectivity index (χ0) is 13.7. The summed E-state index contributed by atoms with van der Waals surface area (Å²) in [5, 5.41) is 19.0. The highest BCUT2D eigenvalue weighted by atomic mass is 16.5. The number of carbonyl (C=O) groups is 2. The van der Waals surface area contributed by atoms with Crippen molar-refractivity contribution < 1.29 is 24.5 Å². The minimum Gasteiger partial charge on any atom is -0.508 e. The Labute approximate surface area is 105 Å². The van der Waals surface area contributed by atoms with Crippen LogP contribution in [0.3, 0.4) is 0 Å². The number of Topliss-reactive ketones (excluding diaryl/α,β-unsaturated/α-hetero) is 2. The van der Waals surface area contributed by atoms with Gasteiger partial charge in [-0.3, -0.25) is 9.59 Å². The highest BCUT2D eigenvalue weighted by molar-refractivity contribution is 6.01. The molecular formula is C13H16O5. The summed E-state index contributed by atoms with van der Waals surface area (Å²) in [5.41, 5.74) is 0.0101. The lowest BCUT2D eigenvalue weighted by atomic mass is 10.0. The third-order valence-corrected chi connectivity index (χ3v) is 2.25. The first kappa shape index (κ1) is 14.0. The standard InChI is InChI=1S/C13H16O5/c1-3-4-10(16)13-11(17)5-9(15)6-12(13)18-7-8(2)14/h5-6,15,17H,3-4,7H2,1-2H3. The molecule has 0 atom stereocenters. The Morgan fingerprint density at radius 2 is 1.94 bits per heavy atom. The molecule has 18 heavy (non-hydrogen) atoms. The Kier molecular flexibility index (Phi) is 4.71. The van der Waals surface area contributed by atoms with E-state index in [1.54, 1.807) is 0 Å². The normalized spacial score (nSPS) is 10.1. The van der Waals surface area contributed by atoms with Crippen molar-refractivity contribution >= 4 is 11.6 Å². The van der Waals surface area contributed by atoms with Crippen LogP contribution in [-0.4, -0.2) is 28.4 Å². The molecule has 5 heteroatoms. The summed E-state index contributed by atoms with van der Waals surface area (Å²) >= 11 is 0. The van der Waals surface area contributed by atoms with Crippen LogP contribution in [0.5, 0.6) is 17.2 Å². The minimum absolute atomic E-state index is 0.0101. The molecule has 0 bridgehead atoms. The van der Waals surface area contributed by atoms with E-state index >= 15 is 0 Å². The van der Waals surface area contributed by atoms with Crippen LogP contribution >= 0.6 is 0 Å². The molecule has 0 aromatic heterocycles. The van der Waals surface area contributed by atoms with Crippen LogP contribution in [0.25, 0.3) is 0 Å². The second-order valence-corrected chi connectivity index (χ2v) is 4.00. The van der Waals surface area contributed by atoms with Crippen LogP contribution in [-0.2, 0) is 4.79 Å². The zero-order valence-corrected chi connectivity index (χ0v) is 10.4. The fourth-order valence-electron chi connectivity index (χ4n) is 1.51. The molecule has 0 heterocycles. The van der Waals surface area contributed by atoms with Gasteiger partial charge >= 0.3 is 0 Å². The topological polar surface area (TPSA) is 83.8 Å². The summed E-state index contributed by atoms with van der Waals surface area (Å²) in [5.74, 6) is -1.03. The minimum atomic E-state index is -0.341. The number of hydrogen-bond acceptors (Lipinski definition) is 5. The largest absolute Gasteiger partial charge is 0.508 e. The Morgan fingerprint density at radius 1 is 1.28 bits per heavy atom. The number of rotatable bonds is 6. The van der Waals surface area contributed by atoms with Crippen LogP contribution in [0.2, 0.25) is 0 Å². The lowest BCUT2D eigenvalue weighted by molar-refractivity contribution is -0.118. The van der Waals surface area contributed by atoms with E-state index in [1.807, 2.05) is 6.92 Å². The number of aromatic hydroxyl groups is 2. The monoisotopic (exact) mass is 252 g/mol. The van der Waals surface area contributed by atoms with E-state index in [9.17, 15) is 19.8 Å². The molecule has 2 N–H and O–H groups in total. The van der Waals surface area contributed by atoms with Crippen LogP contribution in [0.15, 0.2) is 12.1 Å². The maximum Gasteiger partial charge on any atom is 0.170 e. The van der Waals surface area contributed by atoms with E-state index < -0.39 is 0 Å². The van der Waals surface area contributed by atoms with Crippen molar-refractivity contribution in [3.8, 4) is 17.2 Å². The number of phenols is 2. The van der Waals surface area contributed by atoms with Crippen molar-refractivity contribution in [1.29, 1.82) is 0 Å². The molecule has 0 radical (unpaired) electrons. The van der Waals surface area contributed by atoms with Gasteiger partial charge in [0.1, 0.15) is 29.4 Å². The maximum atomic E-state index is 11.8. The number of hydrogen-bond donors (Lipinski definition) is 2. The molecule has 0 unspecified atom stereocenters. The lowest BCUT2D eigenvalue weighted by Crippen LogP contribution is -2.10. The smallest absolute Gasteiger partial charge is 0.170 e. The van der Waals surface area contributed by atoms with Crippen molar-refractivity contribution in [2.45, 2.75) is 26.7 Å². The molecule has 0 aliphatic heterocycles. The number of benzene rings is 1. The van der Waals surface area contributed by atoms with Gasteiger partial charge in [-0.2, -0.15) is 0 Å². The van der Waals surface area contributed by atoms with Gasteiger partial charge in [0.25, 0.3) is 0 Å². The van der Waals surface area contributed by atoms with E-state index in [1.165, 1.54) is 13.0 Å². The second kappa shape index (κ2) is 6.05. The van der Waals surface area contributed by atoms with Gasteiger partial charge in [0.15, 0.2) is 11.6 Å². The molecule has 98 valence electrons. The molecule has 0 aliphatic carbocycles. The van der Waals surface area contributed by atoms with Gasteiger partial charge in [-0.1, -0.05) is 6.92 Å². The highest BCUT2D eigenvalue weighted by Gasteiger charge is 2.18. The lowest BCUT2D eigenvalue weighted by Gasteiger charge is -2.11. The molecule has 0 amide bonds. The van der Waals surface area contributed by atoms with Gasteiger partial charge < -0.3 is 14.9 Å². The van der Waals surface area contributed by atoms with Gasteiger partial charge in [-0.25, -0.2) is 0 Å². The Morgan fingerprint density at radius 3 is 2.50 bits per heavy atom. The van der Waals surface area contributed by atoms with E-state index in [-0.39, 0.29) is 47.4 Å². The predicted molar refractivity (Wildman–Crippen MR) is 65.2 cm³/mol. The van der Waals surface area contributed by atoms with Gasteiger partial charge in [0.05, 0.1) is 0 Å². The molecular weight excluding hydrogens is 236 g/mol. The summed E-state index contributed by atoms with van der Waals surface area (Å²) in [6.07, 6.45) is 0.889.